The quantitative estimate of drug-likeness (QED) is 0.929. The number of rotatable bonds is 3. The summed E-state index contributed by atoms with van der Waals surface area (Å²) in [5, 5.41) is 9.26. The predicted molar refractivity (Wildman–Crippen MR) is 79.6 cm³/mol. The largest absolute Gasteiger partial charge is 0.378 e. The van der Waals surface area contributed by atoms with Gasteiger partial charge >= 0.3 is 0 Å². The minimum Gasteiger partial charge on any atom is -0.378 e. The second-order valence-corrected chi connectivity index (χ2v) is 5.69. The van der Waals surface area contributed by atoms with Crippen molar-refractivity contribution in [2.75, 3.05) is 19.0 Å². The summed E-state index contributed by atoms with van der Waals surface area (Å²) in [6.45, 7) is 2.01. The van der Waals surface area contributed by atoms with E-state index in [0.29, 0.717) is 0 Å². The Morgan fingerprint density at radius 2 is 1.90 bits per heavy atom. The number of hydrogen-bond donors (Lipinski definition) is 1. The molecule has 4 heteroatoms. The van der Waals surface area contributed by atoms with Gasteiger partial charge in [-0.3, -0.25) is 0 Å². The van der Waals surface area contributed by atoms with Crippen LogP contribution in [0.3, 0.4) is 0 Å². The Bertz CT molecular complexity index is 669. The summed E-state index contributed by atoms with van der Waals surface area (Å²) < 4.78 is 0. The molecule has 102 valence electrons. The lowest BCUT2D eigenvalue weighted by molar-refractivity contribution is 0.818. The Morgan fingerprint density at radius 3 is 2.40 bits per heavy atom. The molecule has 0 aliphatic heterocycles. The maximum atomic E-state index is 9.26. The minimum atomic E-state index is -0.355. The van der Waals surface area contributed by atoms with Gasteiger partial charge in [0.15, 0.2) is 0 Å². The number of aromatic amines is 1. The SMILES string of the molecule is Cc1[nH]c(C2(C#N)CC2)nc1-c1ccc(N(C)C)cc1. The van der Waals surface area contributed by atoms with Gasteiger partial charge in [0.05, 0.1) is 11.8 Å². The highest BCUT2D eigenvalue weighted by atomic mass is 15.1. The van der Waals surface area contributed by atoms with Gasteiger partial charge in [0.2, 0.25) is 0 Å². The highest BCUT2D eigenvalue weighted by Gasteiger charge is 2.48. The van der Waals surface area contributed by atoms with Crippen LogP contribution in [0.5, 0.6) is 0 Å². The van der Waals surface area contributed by atoms with Crippen LogP contribution in [0.1, 0.15) is 24.4 Å². The van der Waals surface area contributed by atoms with Crippen molar-refractivity contribution < 1.29 is 0 Å². The lowest BCUT2D eigenvalue weighted by atomic mass is 10.1. The molecule has 0 radical (unpaired) electrons. The molecule has 20 heavy (non-hydrogen) atoms. The molecule has 0 atom stereocenters. The number of anilines is 1. The van der Waals surface area contributed by atoms with Crippen molar-refractivity contribution >= 4 is 5.69 Å². The second kappa shape index (κ2) is 4.38. The Balaban J connectivity index is 1.97. The predicted octanol–water partition coefficient (Wildman–Crippen LogP) is 3.01. The monoisotopic (exact) mass is 266 g/mol. The Kier molecular flexibility index (Phi) is 2.79. The summed E-state index contributed by atoms with van der Waals surface area (Å²) in [5.41, 5.74) is 3.88. The summed E-state index contributed by atoms with van der Waals surface area (Å²) in [7, 11) is 4.05. The number of benzene rings is 1. The van der Waals surface area contributed by atoms with Gasteiger partial charge in [0, 0.05) is 31.0 Å². The van der Waals surface area contributed by atoms with Crippen LogP contribution in [0.25, 0.3) is 11.3 Å². The fraction of sp³-hybridized carbons (Fsp3) is 0.375. The fourth-order valence-corrected chi connectivity index (χ4v) is 2.41. The number of imidazole rings is 1. The highest BCUT2D eigenvalue weighted by Crippen LogP contribution is 2.46. The van der Waals surface area contributed by atoms with Crippen molar-refractivity contribution in [2.45, 2.75) is 25.2 Å². The maximum Gasteiger partial charge on any atom is 0.127 e. The van der Waals surface area contributed by atoms with E-state index in [9.17, 15) is 5.26 Å². The van der Waals surface area contributed by atoms with Gasteiger partial charge < -0.3 is 9.88 Å². The molecule has 1 heterocycles. The third-order valence-corrected chi connectivity index (χ3v) is 3.96. The molecule has 1 aliphatic carbocycles. The molecule has 0 saturated heterocycles. The number of aryl methyl sites for hydroxylation is 1. The van der Waals surface area contributed by atoms with E-state index >= 15 is 0 Å². The standard InChI is InChI=1S/C16H18N4/c1-11-14(12-4-6-13(7-5-12)20(2)3)19-15(18-11)16(10-17)8-9-16/h4-7H,8-9H2,1-3H3,(H,18,19). The van der Waals surface area contributed by atoms with Crippen LogP contribution in [0, 0.1) is 18.3 Å². The third kappa shape index (κ3) is 1.96. The molecule has 1 aromatic carbocycles. The van der Waals surface area contributed by atoms with Gasteiger partial charge in [0.25, 0.3) is 0 Å². The van der Waals surface area contributed by atoms with Crippen LogP contribution in [0.4, 0.5) is 5.69 Å². The first-order valence-corrected chi connectivity index (χ1v) is 6.82. The van der Waals surface area contributed by atoms with Gasteiger partial charge in [-0.25, -0.2) is 4.98 Å². The van der Waals surface area contributed by atoms with Crippen molar-refractivity contribution in [3.05, 3.63) is 35.8 Å². The van der Waals surface area contributed by atoms with Crippen LogP contribution in [0.15, 0.2) is 24.3 Å². The molecule has 1 saturated carbocycles. The summed E-state index contributed by atoms with van der Waals surface area (Å²) in [6, 6.07) is 10.7. The molecular formula is C16H18N4. The average Bonchev–Trinajstić information content (AvgIpc) is 3.16. The van der Waals surface area contributed by atoms with E-state index in [1.54, 1.807) is 0 Å². The normalized spacial score (nSPS) is 15.7. The van der Waals surface area contributed by atoms with Gasteiger partial charge in [0.1, 0.15) is 11.2 Å². The number of H-pyrrole nitrogens is 1. The van der Waals surface area contributed by atoms with Gasteiger partial charge in [-0.2, -0.15) is 5.26 Å². The average molecular weight is 266 g/mol. The summed E-state index contributed by atoms with van der Waals surface area (Å²) in [4.78, 5) is 10.0. The molecule has 0 amide bonds. The number of nitrogens with zero attached hydrogens (tertiary/aromatic N) is 3. The van der Waals surface area contributed by atoms with Crippen molar-refractivity contribution in [1.29, 1.82) is 5.26 Å². The van der Waals surface area contributed by atoms with Crippen LogP contribution in [-0.2, 0) is 5.41 Å². The number of nitrogens with one attached hydrogen (secondary N) is 1. The van der Waals surface area contributed by atoms with Crippen LogP contribution >= 0.6 is 0 Å². The lowest BCUT2D eigenvalue weighted by Crippen LogP contribution is -2.07. The van der Waals surface area contributed by atoms with Crippen molar-refractivity contribution in [1.82, 2.24) is 9.97 Å². The fourth-order valence-electron chi connectivity index (χ4n) is 2.41. The van der Waals surface area contributed by atoms with Gasteiger partial charge in [-0.05, 0) is 31.9 Å². The van der Waals surface area contributed by atoms with E-state index in [1.807, 2.05) is 21.0 Å². The van der Waals surface area contributed by atoms with Crippen LogP contribution < -0.4 is 4.90 Å². The molecule has 1 aromatic heterocycles. The molecule has 1 fully saturated rings. The topological polar surface area (TPSA) is 55.7 Å². The molecule has 4 nitrogen and oxygen atoms in total. The van der Waals surface area contributed by atoms with Gasteiger partial charge in [-0.15, -0.1) is 0 Å². The van der Waals surface area contributed by atoms with E-state index < -0.39 is 0 Å². The summed E-state index contributed by atoms with van der Waals surface area (Å²) >= 11 is 0. The zero-order valence-corrected chi connectivity index (χ0v) is 12.1. The number of nitriles is 1. The molecule has 0 spiro atoms. The van der Waals surface area contributed by atoms with E-state index in [0.717, 1.165) is 41.3 Å². The number of hydrogen-bond acceptors (Lipinski definition) is 3. The van der Waals surface area contributed by atoms with Gasteiger partial charge in [-0.1, -0.05) is 12.1 Å². The van der Waals surface area contributed by atoms with Crippen molar-refractivity contribution in [3.8, 4) is 17.3 Å². The minimum absolute atomic E-state index is 0.355. The molecule has 2 aromatic rings. The molecular weight excluding hydrogens is 248 g/mol. The Morgan fingerprint density at radius 1 is 1.25 bits per heavy atom. The second-order valence-electron chi connectivity index (χ2n) is 5.69. The first kappa shape index (κ1) is 12.7. The summed E-state index contributed by atoms with van der Waals surface area (Å²) in [5.74, 6) is 0.823. The Hall–Kier alpha value is -2.28. The first-order valence-electron chi connectivity index (χ1n) is 6.82. The van der Waals surface area contributed by atoms with E-state index in [-0.39, 0.29) is 5.41 Å². The van der Waals surface area contributed by atoms with Crippen LogP contribution in [-0.4, -0.2) is 24.1 Å². The zero-order chi connectivity index (χ0) is 14.3. The maximum absolute atomic E-state index is 9.26. The molecule has 0 unspecified atom stereocenters. The van der Waals surface area contributed by atoms with E-state index in [4.69, 9.17) is 0 Å². The molecule has 1 N–H and O–H groups in total. The van der Waals surface area contributed by atoms with Crippen molar-refractivity contribution in [3.63, 3.8) is 0 Å². The smallest absolute Gasteiger partial charge is 0.127 e. The summed E-state index contributed by atoms with van der Waals surface area (Å²) in [6.07, 6.45) is 1.82. The van der Waals surface area contributed by atoms with Crippen LogP contribution in [0.2, 0.25) is 0 Å². The lowest BCUT2D eigenvalue weighted by Gasteiger charge is -2.12. The Labute approximate surface area is 119 Å². The molecule has 3 rings (SSSR count). The van der Waals surface area contributed by atoms with E-state index in [1.165, 1.54) is 0 Å². The first-order chi connectivity index (χ1) is 9.55. The van der Waals surface area contributed by atoms with Crippen molar-refractivity contribution in [2.24, 2.45) is 0 Å². The molecule has 1 aliphatic rings. The number of aromatic nitrogens is 2. The third-order valence-electron chi connectivity index (χ3n) is 3.96. The zero-order valence-electron chi connectivity index (χ0n) is 12.1. The highest BCUT2D eigenvalue weighted by molar-refractivity contribution is 5.65. The molecule has 0 bridgehead atoms. The van der Waals surface area contributed by atoms with E-state index in [2.05, 4.69) is 45.2 Å².